The van der Waals surface area contributed by atoms with E-state index in [0.29, 0.717) is 11.6 Å². The fraction of sp³-hybridized carbons (Fsp3) is 0.333. The quantitative estimate of drug-likeness (QED) is 0.634. The number of hydrogen-bond donors (Lipinski definition) is 1. The van der Waals surface area contributed by atoms with Crippen molar-refractivity contribution in [3.05, 3.63) is 29.3 Å². The van der Waals surface area contributed by atoms with Gasteiger partial charge >= 0.3 is 0 Å². The molecule has 3 N–H and O–H groups in total. The van der Waals surface area contributed by atoms with Crippen LogP contribution in [0.2, 0.25) is 5.02 Å². The number of hydrogen-bond acceptors (Lipinski definition) is 2. The van der Waals surface area contributed by atoms with E-state index in [0.717, 1.165) is 5.75 Å². The Hall–Kier alpha value is -0.480. The molecule has 0 aromatic heterocycles. The third kappa shape index (κ3) is 4.67. The number of quaternary nitrogens is 1. The molecule has 0 heterocycles. The summed E-state index contributed by atoms with van der Waals surface area (Å²) in [5, 5.41) is 0.703. The van der Waals surface area contributed by atoms with Crippen LogP contribution in [0.3, 0.4) is 0 Å². The van der Waals surface area contributed by atoms with Gasteiger partial charge < -0.3 is 17.1 Å². The number of benzene rings is 1. The lowest BCUT2D eigenvalue weighted by molar-refractivity contribution is -0.701. The van der Waals surface area contributed by atoms with Gasteiger partial charge in [-0.2, -0.15) is 0 Å². The van der Waals surface area contributed by atoms with Crippen LogP contribution < -0.4 is 23.0 Å². The molecule has 3 nitrogen and oxygen atoms in total. The maximum Gasteiger partial charge on any atom is 0.147 e. The summed E-state index contributed by atoms with van der Waals surface area (Å²) in [6.07, 6.45) is -0.00400. The largest absolute Gasteiger partial charge is 1.00 e. The van der Waals surface area contributed by atoms with Crippen LogP contribution >= 0.6 is 11.6 Å². The third-order valence-electron chi connectivity index (χ3n) is 1.58. The van der Waals surface area contributed by atoms with Crippen LogP contribution in [-0.2, 0) is 4.84 Å². The molecule has 0 radical (unpaired) electrons. The second kappa shape index (κ2) is 6.90. The summed E-state index contributed by atoms with van der Waals surface area (Å²) in [7, 11) is 0. The minimum absolute atomic E-state index is 0. The Balaban J connectivity index is 0.00000169. The highest BCUT2D eigenvalue weighted by molar-refractivity contribution is 6.30. The van der Waals surface area contributed by atoms with E-state index in [2.05, 4.69) is 5.90 Å². The molecule has 0 amide bonds. The van der Waals surface area contributed by atoms with E-state index >= 15 is 0 Å². The first-order chi connectivity index (χ1) is 6.22. The van der Waals surface area contributed by atoms with E-state index in [1.807, 2.05) is 19.1 Å². The van der Waals surface area contributed by atoms with Gasteiger partial charge in [-0.15, -0.1) is 0 Å². The second-order valence-corrected chi connectivity index (χ2v) is 3.18. The lowest BCUT2D eigenvalue weighted by atomic mass is 10.3. The van der Waals surface area contributed by atoms with Crippen molar-refractivity contribution in [2.24, 2.45) is 0 Å². The second-order valence-electron chi connectivity index (χ2n) is 2.74. The van der Waals surface area contributed by atoms with E-state index in [-0.39, 0.29) is 18.5 Å². The maximum absolute atomic E-state index is 5.71. The molecule has 1 rings (SSSR count). The molecule has 1 unspecified atom stereocenters. The zero-order valence-electron chi connectivity index (χ0n) is 7.87. The molecule has 5 heteroatoms. The molecule has 0 spiro atoms. The van der Waals surface area contributed by atoms with Crippen LogP contribution in [0.25, 0.3) is 0 Å². The third-order valence-corrected chi connectivity index (χ3v) is 1.83. The van der Waals surface area contributed by atoms with Crippen LogP contribution in [0.4, 0.5) is 0 Å². The van der Waals surface area contributed by atoms with Crippen molar-refractivity contribution in [2.75, 3.05) is 6.61 Å². The van der Waals surface area contributed by atoms with Gasteiger partial charge in [0.2, 0.25) is 0 Å². The Bertz CT molecular complexity index is 253. The molecule has 0 saturated heterocycles. The Labute approximate surface area is 94.5 Å². The SMILES string of the molecule is CC(COc1ccc(Cl)cc1)O[NH3+].[Cl-]. The Morgan fingerprint density at radius 1 is 1.36 bits per heavy atom. The fourth-order valence-corrected chi connectivity index (χ4v) is 0.919. The van der Waals surface area contributed by atoms with Gasteiger partial charge in [-0.1, -0.05) is 11.6 Å². The predicted octanol–water partition coefficient (Wildman–Crippen LogP) is -1.72. The molecule has 0 aliphatic carbocycles. The van der Waals surface area contributed by atoms with Crippen molar-refractivity contribution in [1.29, 1.82) is 0 Å². The van der Waals surface area contributed by atoms with Gasteiger partial charge in [0.15, 0.2) is 0 Å². The predicted molar refractivity (Wildman–Crippen MR) is 50.4 cm³/mol. The van der Waals surface area contributed by atoms with Gasteiger partial charge in [0.05, 0.1) is 0 Å². The summed E-state index contributed by atoms with van der Waals surface area (Å²) in [5.41, 5.74) is 0. The molecule has 0 saturated carbocycles. The van der Waals surface area contributed by atoms with Gasteiger partial charge in [-0.25, -0.2) is 10.7 Å². The molecule has 80 valence electrons. The zero-order valence-corrected chi connectivity index (χ0v) is 9.39. The standard InChI is InChI=1S/C9H13ClNO2.ClH/c1-7(13-11)6-12-9-4-2-8(10)3-5-9;/h2-5,7H,6H2,1,11H3;1H/q+1;/p-1. The summed E-state index contributed by atoms with van der Waals surface area (Å²) in [6, 6.07) is 7.20. The Morgan fingerprint density at radius 2 is 1.93 bits per heavy atom. The molecule has 0 aliphatic heterocycles. The normalized spacial score (nSPS) is 11.6. The molecule has 1 atom stereocenters. The maximum atomic E-state index is 5.71. The monoisotopic (exact) mass is 237 g/mol. The van der Waals surface area contributed by atoms with Crippen LogP contribution in [0.1, 0.15) is 6.92 Å². The van der Waals surface area contributed by atoms with Crippen LogP contribution in [0.15, 0.2) is 24.3 Å². The molecule has 1 aromatic rings. The average molecular weight is 238 g/mol. The minimum atomic E-state index is -0.00400. The smallest absolute Gasteiger partial charge is 0.147 e. The number of ether oxygens (including phenoxy) is 1. The van der Waals surface area contributed by atoms with Gasteiger partial charge in [-0.05, 0) is 31.2 Å². The lowest BCUT2D eigenvalue weighted by Gasteiger charge is -2.08. The van der Waals surface area contributed by atoms with Crippen molar-refractivity contribution in [3.8, 4) is 5.75 Å². The fourth-order valence-electron chi connectivity index (χ4n) is 0.793. The average Bonchev–Trinajstić information content (AvgIpc) is 2.16. The highest BCUT2D eigenvalue weighted by atomic mass is 35.5. The van der Waals surface area contributed by atoms with E-state index in [4.69, 9.17) is 21.2 Å². The van der Waals surface area contributed by atoms with Crippen molar-refractivity contribution in [2.45, 2.75) is 13.0 Å². The first-order valence-corrected chi connectivity index (χ1v) is 4.39. The Morgan fingerprint density at radius 3 is 2.43 bits per heavy atom. The lowest BCUT2D eigenvalue weighted by Crippen LogP contribution is -3.00. The van der Waals surface area contributed by atoms with Crippen molar-refractivity contribution >= 4 is 11.6 Å². The highest BCUT2D eigenvalue weighted by Gasteiger charge is 2.02. The first-order valence-electron chi connectivity index (χ1n) is 4.01. The first kappa shape index (κ1) is 13.5. The van der Waals surface area contributed by atoms with Gasteiger partial charge in [0.25, 0.3) is 0 Å². The van der Waals surface area contributed by atoms with Gasteiger partial charge in [0.1, 0.15) is 18.5 Å². The molecular formula is C9H13Cl2NO2. The van der Waals surface area contributed by atoms with Crippen molar-refractivity contribution in [1.82, 2.24) is 0 Å². The van der Waals surface area contributed by atoms with E-state index < -0.39 is 0 Å². The van der Waals surface area contributed by atoms with Crippen LogP contribution in [-0.4, -0.2) is 12.7 Å². The molecular weight excluding hydrogens is 225 g/mol. The topological polar surface area (TPSA) is 46.1 Å². The molecule has 0 aliphatic rings. The molecule has 0 fully saturated rings. The highest BCUT2D eigenvalue weighted by Crippen LogP contribution is 2.15. The Kier molecular flexibility index (Phi) is 6.66. The van der Waals surface area contributed by atoms with Gasteiger partial charge in [0, 0.05) is 5.02 Å². The van der Waals surface area contributed by atoms with Crippen molar-refractivity contribution < 1.29 is 27.9 Å². The summed E-state index contributed by atoms with van der Waals surface area (Å²) in [6.45, 7) is 2.38. The van der Waals surface area contributed by atoms with E-state index in [1.165, 1.54) is 0 Å². The van der Waals surface area contributed by atoms with Gasteiger partial charge in [-0.3, -0.25) is 0 Å². The number of halogens is 2. The summed E-state index contributed by atoms with van der Waals surface area (Å²) in [4.78, 5) is 4.79. The number of rotatable bonds is 4. The van der Waals surface area contributed by atoms with Crippen LogP contribution in [0.5, 0.6) is 5.75 Å². The molecule has 14 heavy (non-hydrogen) atoms. The molecule has 1 aromatic carbocycles. The zero-order chi connectivity index (χ0) is 9.68. The molecule has 0 bridgehead atoms. The van der Waals surface area contributed by atoms with Crippen molar-refractivity contribution in [3.63, 3.8) is 0 Å². The summed E-state index contributed by atoms with van der Waals surface area (Å²) in [5.74, 6) is 4.10. The van der Waals surface area contributed by atoms with E-state index in [1.54, 1.807) is 12.1 Å². The van der Waals surface area contributed by atoms with E-state index in [9.17, 15) is 0 Å². The minimum Gasteiger partial charge on any atom is -1.00 e. The summed E-state index contributed by atoms with van der Waals surface area (Å²) >= 11 is 5.71. The van der Waals surface area contributed by atoms with Crippen LogP contribution in [0, 0.1) is 0 Å². The summed E-state index contributed by atoms with van der Waals surface area (Å²) < 4.78 is 5.39.